The predicted molar refractivity (Wildman–Crippen MR) is 199 cm³/mol. The van der Waals surface area contributed by atoms with Crippen molar-refractivity contribution >= 4 is 23.8 Å². The Balaban J connectivity index is 1.73. The number of likely N-dealkylation sites (tertiary alicyclic amines) is 1. The van der Waals surface area contributed by atoms with Crippen LogP contribution in [0.4, 0.5) is 4.79 Å². The van der Waals surface area contributed by atoms with E-state index in [1.165, 1.54) is 0 Å². The molecule has 52 heavy (non-hydrogen) atoms. The van der Waals surface area contributed by atoms with Gasteiger partial charge in [0.15, 0.2) is 0 Å². The lowest BCUT2D eigenvalue weighted by Gasteiger charge is -2.41. The van der Waals surface area contributed by atoms with Crippen molar-refractivity contribution < 1.29 is 38.5 Å². The zero-order valence-corrected chi connectivity index (χ0v) is 32.9. The lowest BCUT2D eigenvalue weighted by Crippen LogP contribution is -2.60. The molecule has 2 aliphatic rings. The summed E-state index contributed by atoms with van der Waals surface area (Å²) < 4.78 is 17.5. The molecule has 13 heteroatoms. The standard InChI is InChI=1S/C39H65N5O8/c1-10-26(4)35(42(7)38(48)34(25(2)3)41-39(49)43-19-20-52-27(5)23-43)32(50-8)22-33(46)44-18-14-17-31(44)36(51-9)28(6)37(47)40-30(24-45)21-29-15-12-11-13-16-29/h11-13,15-16,25-28,30-32,34-36,45H,10,14,17-24H2,1-9H3,(H,40,47)(H,41,49)/t26?,27-,28?,30?,31+,32?,34?,35?,36?/m1/s1. The number of likely N-dealkylation sites (N-methyl/N-ethyl adjacent to an activating group) is 1. The quantitative estimate of drug-likeness (QED) is 0.209. The first-order valence-corrected chi connectivity index (χ1v) is 19.0. The van der Waals surface area contributed by atoms with Crippen LogP contribution in [0.2, 0.25) is 0 Å². The molecule has 3 N–H and O–H groups in total. The van der Waals surface area contributed by atoms with E-state index in [0.29, 0.717) is 39.1 Å². The van der Waals surface area contributed by atoms with Gasteiger partial charge in [0.05, 0.1) is 62.0 Å². The van der Waals surface area contributed by atoms with Gasteiger partial charge in [-0.25, -0.2) is 4.79 Å². The van der Waals surface area contributed by atoms with Gasteiger partial charge in [0.25, 0.3) is 0 Å². The average molecular weight is 732 g/mol. The number of urea groups is 1. The van der Waals surface area contributed by atoms with Crippen LogP contribution in [0, 0.1) is 17.8 Å². The smallest absolute Gasteiger partial charge is 0.318 e. The van der Waals surface area contributed by atoms with Gasteiger partial charge in [-0.05, 0) is 43.6 Å². The SMILES string of the molecule is CCC(C)C(C(CC(=O)N1CCC[C@H]1C(OC)C(C)C(=O)NC(CO)Cc1ccccc1)OC)N(C)C(=O)C(NC(=O)N1CCO[C@H](C)C1)C(C)C. The molecular weight excluding hydrogens is 666 g/mol. The molecule has 3 rings (SSSR count). The molecule has 0 bridgehead atoms. The first-order valence-electron chi connectivity index (χ1n) is 19.0. The molecule has 2 fully saturated rings. The summed E-state index contributed by atoms with van der Waals surface area (Å²) in [5.41, 5.74) is 1.01. The second-order valence-corrected chi connectivity index (χ2v) is 15.0. The van der Waals surface area contributed by atoms with Crippen molar-refractivity contribution in [2.45, 2.75) is 116 Å². The molecule has 1 aromatic carbocycles. The topological polar surface area (TPSA) is 150 Å². The van der Waals surface area contributed by atoms with Crippen LogP contribution in [0.15, 0.2) is 30.3 Å². The molecular formula is C39H65N5O8. The highest BCUT2D eigenvalue weighted by Crippen LogP contribution is 2.30. The van der Waals surface area contributed by atoms with E-state index in [0.717, 1.165) is 18.4 Å². The van der Waals surface area contributed by atoms with Crippen LogP contribution in [-0.4, -0.2) is 140 Å². The maximum Gasteiger partial charge on any atom is 0.318 e. The summed E-state index contributed by atoms with van der Waals surface area (Å²) in [7, 11) is 4.85. The van der Waals surface area contributed by atoms with Gasteiger partial charge in [0.1, 0.15) is 6.04 Å². The van der Waals surface area contributed by atoms with E-state index >= 15 is 0 Å². The first kappa shape index (κ1) is 43.1. The van der Waals surface area contributed by atoms with Gasteiger partial charge in [-0.1, -0.05) is 71.4 Å². The van der Waals surface area contributed by atoms with Crippen LogP contribution in [0.1, 0.15) is 72.8 Å². The highest BCUT2D eigenvalue weighted by Gasteiger charge is 2.43. The number of ether oxygens (including phenoxy) is 3. The van der Waals surface area contributed by atoms with Gasteiger partial charge in [0.2, 0.25) is 17.7 Å². The van der Waals surface area contributed by atoms with Gasteiger partial charge < -0.3 is 44.7 Å². The Kier molecular flexibility index (Phi) is 17.3. The summed E-state index contributed by atoms with van der Waals surface area (Å²) in [5.74, 6) is -1.41. The number of rotatable bonds is 18. The fourth-order valence-corrected chi connectivity index (χ4v) is 7.66. The van der Waals surface area contributed by atoms with Gasteiger partial charge in [-0.2, -0.15) is 0 Å². The van der Waals surface area contributed by atoms with Gasteiger partial charge in [-0.3, -0.25) is 14.4 Å². The van der Waals surface area contributed by atoms with Crippen molar-refractivity contribution in [3.8, 4) is 0 Å². The third kappa shape index (κ3) is 11.4. The number of carbonyl (C=O) groups excluding carboxylic acids is 4. The van der Waals surface area contributed by atoms with E-state index in [1.54, 1.807) is 42.9 Å². The normalized spacial score (nSPS) is 21.8. The zero-order valence-electron chi connectivity index (χ0n) is 32.9. The fourth-order valence-electron chi connectivity index (χ4n) is 7.66. The predicted octanol–water partition coefficient (Wildman–Crippen LogP) is 3.08. The van der Waals surface area contributed by atoms with Crippen LogP contribution >= 0.6 is 0 Å². The highest BCUT2D eigenvalue weighted by atomic mass is 16.5. The molecule has 5 amide bonds. The highest BCUT2D eigenvalue weighted by molar-refractivity contribution is 5.87. The number of methoxy groups -OCH3 is 2. The molecule has 0 saturated carbocycles. The summed E-state index contributed by atoms with van der Waals surface area (Å²) in [6.07, 6.45) is 1.44. The summed E-state index contributed by atoms with van der Waals surface area (Å²) in [6.45, 7) is 13.3. The second kappa shape index (κ2) is 20.8. The fraction of sp³-hybridized carbons (Fsp3) is 0.744. The van der Waals surface area contributed by atoms with Crippen LogP contribution in [0.3, 0.4) is 0 Å². The van der Waals surface area contributed by atoms with E-state index in [9.17, 15) is 24.3 Å². The van der Waals surface area contributed by atoms with E-state index < -0.39 is 36.3 Å². The van der Waals surface area contributed by atoms with E-state index in [2.05, 4.69) is 10.6 Å². The molecule has 2 heterocycles. The zero-order chi connectivity index (χ0) is 38.5. The molecule has 2 aliphatic heterocycles. The van der Waals surface area contributed by atoms with Crippen molar-refractivity contribution in [3.63, 3.8) is 0 Å². The number of hydrogen-bond acceptors (Lipinski definition) is 8. The van der Waals surface area contributed by atoms with Crippen LogP contribution in [0.5, 0.6) is 0 Å². The third-order valence-electron chi connectivity index (χ3n) is 10.9. The molecule has 9 atom stereocenters. The van der Waals surface area contributed by atoms with Gasteiger partial charge >= 0.3 is 6.03 Å². The summed E-state index contributed by atoms with van der Waals surface area (Å²) in [6, 6.07) is 7.38. The monoisotopic (exact) mass is 731 g/mol. The Morgan fingerprint density at radius 1 is 1.04 bits per heavy atom. The van der Waals surface area contributed by atoms with E-state index in [-0.39, 0.29) is 60.8 Å². The maximum atomic E-state index is 14.2. The number of aliphatic hydroxyl groups excluding tert-OH is 1. The molecule has 0 aromatic heterocycles. The molecule has 2 saturated heterocycles. The Labute approximate surface area is 311 Å². The number of nitrogens with one attached hydrogen (secondary N) is 2. The van der Waals surface area contributed by atoms with Crippen molar-refractivity contribution in [1.82, 2.24) is 25.3 Å². The minimum Gasteiger partial charge on any atom is -0.394 e. The van der Waals surface area contributed by atoms with Crippen molar-refractivity contribution in [2.75, 3.05) is 54.1 Å². The number of hydrogen-bond donors (Lipinski definition) is 3. The lowest BCUT2D eigenvalue weighted by molar-refractivity contribution is -0.147. The first-order chi connectivity index (χ1) is 24.8. The number of amides is 5. The Bertz CT molecular complexity index is 1280. The second-order valence-electron chi connectivity index (χ2n) is 15.0. The van der Waals surface area contributed by atoms with E-state index in [1.807, 2.05) is 65.0 Å². The van der Waals surface area contributed by atoms with Crippen LogP contribution in [-0.2, 0) is 35.0 Å². The molecule has 0 spiro atoms. The molecule has 0 aliphatic carbocycles. The molecule has 0 radical (unpaired) electrons. The molecule has 294 valence electrons. The third-order valence-corrected chi connectivity index (χ3v) is 10.9. The van der Waals surface area contributed by atoms with Gasteiger partial charge in [0, 0.05) is 40.9 Å². The summed E-state index contributed by atoms with van der Waals surface area (Å²) >= 11 is 0. The van der Waals surface area contributed by atoms with Crippen LogP contribution < -0.4 is 10.6 Å². The van der Waals surface area contributed by atoms with Crippen LogP contribution in [0.25, 0.3) is 0 Å². The van der Waals surface area contributed by atoms with Crippen molar-refractivity contribution in [2.24, 2.45) is 17.8 Å². The number of benzene rings is 1. The number of morpholine rings is 1. The largest absolute Gasteiger partial charge is 0.394 e. The van der Waals surface area contributed by atoms with Gasteiger partial charge in [-0.15, -0.1) is 0 Å². The number of carbonyl (C=O) groups is 4. The lowest BCUT2D eigenvalue weighted by atomic mass is 9.89. The minimum atomic E-state index is -0.772. The molecule has 13 nitrogen and oxygen atoms in total. The van der Waals surface area contributed by atoms with Crippen molar-refractivity contribution in [1.29, 1.82) is 0 Å². The Hall–Kier alpha value is -3.26. The maximum absolute atomic E-state index is 14.2. The molecule has 7 unspecified atom stereocenters. The summed E-state index contributed by atoms with van der Waals surface area (Å²) in [4.78, 5) is 60.1. The van der Waals surface area contributed by atoms with Crippen molar-refractivity contribution in [3.05, 3.63) is 35.9 Å². The Morgan fingerprint density at radius 2 is 1.73 bits per heavy atom. The Morgan fingerprint density at radius 3 is 2.31 bits per heavy atom. The minimum absolute atomic E-state index is 0.0181. The average Bonchev–Trinajstić information content (AvgIpc) is 3.62. The number of nitrogens with zero attached hydrogens (tertiary/aromatic N) is 3. The molecule has 1 aromatic rings. The summed E-state index contributed by atoms with van der Waals surface area (Å²) in [5, 5.41) is 16.0. The number of aliphatic hydroxyl groups is 1. The van der Waals surface area contributed by atoms with E-state index in [4.69, 9.17) is 14.2 Å².